The van der Waals surface area contributed by atoms with Crippen LogP contribution in [0.25, 0.3) is 5.69 Å². The van der Waals surface area contributed by atoms with Crippen LogP contribution < -0.4 is 5.32 Å². The van der Waals surface area contributed by atoms with Crippen molar-refractivity contribution < 1.29 is 14.3 Å². The van der Waals surface area contributed by atoms with E-state index in [1.807, 2.05) is 17.5 Å². The molecule has 25 heavy (non-hydrogen) atoms. The summed E-state index contributed by atoms with van der Waals surface area (Å²) in [5.74, 6) is -0.682. The first kappa shape index (κ1) is 16.8. The van der Waals surface area contributed by atoms with Crippen LogP contribution in [0, 0.1) is 0 Å². The van der Waals surface area contributed by atoms with E-state index in [2.05, 4.69) is 20.8 Å². The van der Waals surface area contributed by atoms with Crippen LogP contribution >= 0.6 is 11.3 Å². The Labute approximate surface area is 147 Å². The lowest BCUT2D eigenvalue weighted by Gasteiger charge is -2.16. The molecule has 128 valence electrons. The fourth-order valence-electron chi connectivity index (χ4n) is 2.27. The number of methoxy groups -OCH3 is 1. The van der Waals surface area contributed by atoms with Gasteiger partial charge in [0.25, 0.3) is 5.91 Å². The van der Waals surface area contributed by atoms with Crippen molar-refractivity contribution in [2.24, 2.45) is 0 Å². The molecule has 9 heteroatoms. The van der Waals surface area contributed by atoms with Crippen molar-refractivity contribution in [1.29, 1.82) is 0 Å². The van der Waals surface area contributed by atoms with Gasteiger partial charge in [0.15, 0.2) is 0 Å². The number of aromatic nitrogens is 4. The molecule has 0 saturated heterocycles. The summed E-state index contributed by atoms with van der Waals surface area (Å²) in [7, 11) is 1.32. The minimum Gasteiger partial charge on any atom is -0.469 e. The van der Waals surface area contributed by atoms with Gasteiger partial charge < -0.3 is 10.1 Å². The summed E-state index contributed by atoms with van der Waals surface area (Å²) in [5.41, 5.74) is 1.11. The number of esters is 1. The van der Waals surface area contributed by atoms with E-state index in [0.29, 0.717) is 11.3 Å². The Morgan fingerprint density at radius 1 is 1.32 bits per heavy atom. The van der Waals surface area contributed by atoms with Gasteiger partial charge in [0.2, 0.25) is 0 Å². The lowest BCUT2D eigenvalue weighted by molar-refractivity contribution is -0.141. The summed E-state index contributed by atoms with van der Waals surface area (Å²) in [6.45, 7) is 0. The molecule has 3 aromatic rings. The molecular weight excluding hydrogens is 342 g/mol. The normalized spacial score (nSPS) is 11.7. The number of hydrogen-bond acceptors (Lipinski definition) is 7. The van der Waals surface area contributed by atoms with Gasteiger partial charge in [-0.05, 0) is 40.1 Å². The standard InChI is InChI=1S/C16H15N5O3S/c1-24-15(22)9-13(14-6-3-7-25-14)18-16(23)11-4-2-5-12(8-11)21-10-17-19-20-21/h2-8,10,13H,9H2,1H3,(H,18,23). The number of ether oxygens (including phenoxy) is 1. The predicted molar refractivity (Wildman–Crippen MR) is 90.3 cm³/mol. The Morgan fingerprint density at radius 3 is 2.88 bits per heavy atom. The molecule has 0 saturated carbocycles. The van der Waals surface area contributed by atoms with E-state index in [4.69, 9.17) is 4.74 Å². The lowest BCUT2D eigenvalue weighted by atomic mass is 10.1. The summed E-state index contributed by atoms with van der Waals surface area (Å²) >= 11 is 1.47. The van der Waals surface area contributed by atoms with Crippen LogP contribution in [0.3, 0.4) is 0 Å². The van der Waals surface area contributed by atoms with Gasteiger partial charge in [0, 0.05) is 10.4 Å². The van der Waals surface area contributed by atoms with E-state index >= 15 is 0 Å². The lowest BCUT2D eigenvalue weighted by Crippen LogP contribution is -2.30. The van der Waals surface area contributed by atoms with Crippen molar-refractivity contribution in [1.82, 2.24) is 25.5 Å². The first-order valence-corrected chi connectivity index (χ1v) is 8.30. The third-order valence-electron chi connectivity index (χ3n) is 3.51. The van der Waals surface area contributed by atoms with Crippen molar-refractivity contribution >= 4 is 23.2 Å². The van der Waals surface area contributed by atoms with Crippen molar-refractivity contribution in [3.63, 3.8) is 0 Å². The minimum atomic E-state index is -0.448. The largest absolute Gasteiger partial charge is 0.469 e. The number of tetrazole rings is 1. The predicted octanol–water partition coefficient (Wildman–Crippen LogP) is 1.76. The molecule has 0 spiro atoms. The maximum atomic E-state index is 12.6. The Bertz CT molecular complexity index is 849. The van der Waals surface area contributed by atoms with Gasteiger partial charge in [-0.2, -0.15) is 0 Å². The zero-order chi connectivity index (χ0) is 17.6. The molecule has 0 radical (unpaired) electrons. The Balaban J connectivity index is 1.79. The number of nitrogens with one attached hydrogen (secondary N) is 1. The van der Waals surface area contributed by atoms with Crippen LogP contribution in [0.1, 0.15) is 27.7 Å². The second-order valence-corrected chi connectivity index (χ2v) is 6.11. The van der Waals surface area contributed by atoms with Gasteiger partial charge >= 0.3 is 5.97 Å². The molecule has 1 N–H and O–H groups in total. The molecule has 0 aliphatic rings. The number of amides is 1. The number of carbonyl (C=O) groups is 2. The molecule has 1 atom stereocenters. The van der Waals surface area contributed by atoms with Crippen molar-refractivity contribution in [2.75, 3.05) is 7.11 Å². The smallest absolute Gasteiger partial charge is 0.307 e. The maximum Gasteiger partial charge on any atom is 0.307 e. The van der Waals surface area contributed by atoms with Gasteiger partial charge in [-0.25, -0.2) is 4.68 Å². The van der Waals surface area contributed by atoms with E-state index in [0.717, 1.165) is 4.88 Å². The van der Waals surface area contributed by atoms with Crippen molar-refractivity contribution in [2.45, 2.75) is 12.5 Å². The molecule has 0 aliphatic carbocycles. The van der Waals surface area contributed by atoms with E-state index in [1.165, 1.54) is 29.5 Å². The fourth-order valence-corrected chi connectivity index (χ4v) is 3.05. The van der Waals surface area contributed by atoms with E-state index in [9.17, 15) is 9.59 Å². The number of hydrogen-bond donors (Lipinski definition) is 1. The van der Waals surface area contributed by atoms with Crippen LogP contribution in [-0.4, -0.2) is 39.2 Å². The highest BCUT2D eigenvalue weighted by Gasteiger charge is 2.20. The second kappa shape index (κ2) is 7.67. The molecule has 2 heterocycles. The highest BCUT2D eigenvalue weighted by molar-refractivity contribution is 7.10. The molecule has 1 aromatic carbocycles. The first-order chi connectivity index (χ1) is 12.2. The molecule has 0 bridgehead atoms. The third kappa shape index (κ3) is 4.07. The summed E-state index contributed by atoms with van der Waals surface area (Å²) in [4.78, 5) is 25.2. The van der Waals surface area contributed by atoms with Gasteiger partial charge in [0.1, 0.15) is 6.33 Å². The number of carbonyl (C=O) groups excluding carboxylic acids is 2. The summed E-state index contributed by atoms with van der Waals surface area (Å²) in [6, 6.07) is 10.2. The topological polar surface area (TPSA) is 99.0 Å². The SMILES string of the molecule is COC(=O)CC(NC(=O)c1cccc(-n2cnnn2)c1)c1cccs1. The highest BCUT2D eigenvalue weighted by Crippen LogP contribution is 2.23. The van der Waals surface area contributed by atoms with Gasteiger partial charge in [0.05, 0.1) is 25.3 Å². The van der Waals surface area contributed by atoms with E-state index < -0.39 is 6.04 Å². The molecule has 0 aliphatic heterocycles. The van der Waals surface area contributed by atoms with Crippen LogP contribution in [0.15, 0.2) is 48.1 Å². The zero-order valence-corrected chi connectivity index (χ0v) is 14.1. The monoisotopic (exact) mass is 357 g/mol. The van der Waals surface area contributed by atoms with Crippen molar-refractivity contribution in [3.05, 3.63) is 58.5 Å². The second-order valence-electron chi connectivity index (χ2n) is 5.13. The summed E-state index contributed by atoms with van der Waals surface area (Å²) in [5, 5.41) is 15.7. The first-order valence-electron chi connectivity index (χ1n) is 7.42. The molecule has 1 unspecified atom stereocenters. The average molecular weight is 357 g/mol. The van der Waals surface area contributed by atoms with Crippen LogP contribution in [0.2, 0.25) is 0 Å². The van der Waals surface area contributed by atoms with E-state index in [1.54, 1.807) is 24.3 Å². The number of rotatable bonds is 6. The van der Waals surface area contributed by atoms with Gasteiger partial charge in [-0.3, -0.25) is 9.59 Å². The molecule has 3 rings (SSSR count). The minimum absolute atomic E-state index is 0.0649. The van der Waals surface area contributed by atoms with Crippen LogP contribution in [0.4, 0.5) is 0 Å². The van der Waals surface area contributed by atoms with E-state index in [-0.39, 0.29) is 18.3 Å². The van der Waals surface area contributed by atoms with Crippen LogP contribution in [0.5, 0.6) is 0 Å². The molecule has 0 fully saturated rings. The zero-order valence-electron chi connectivity index (χ0n) is 13.3. The Morgan fingerprint density at radius 2 is 2.20 bits per heavy atom. The Kier molecular flexibility index (Phi) is 5.14. The third-order valence-corrected chi connectivity index (χ3v) is 4.50. The van der Waals surface area contributed by atoms with Gasteiger partial charge in [-0.15, -0.1) is 16.4 Å². The fraction of sp³-hybridized carbons (Fsp3) is 0.188. The van der Waals surface area contributed by atoms with Gasteiger partial charge in [-0.1, -0.05) is 12.1 Å². The maximum absolute atomic E-state index is 12.6. The summed E-state index contributed by atoms with van der Waals surface area (Å²) < 4.78 is 6.18. The molecular formula is C16H15N5O3S. The Hall–Kier alpha value is -3.07. The molecule has 8 nitrogen and oxygen atoms in total. The number of benzene rings is 1. The average Bonchev–Trinajstić information content (AvgIpc) is 3.34. The number of nitrogens with zero attached hydrogens (tertiary/aromatic N) is 4. The van der Waals surface area contributed by atoms with Crippen molar-refractivity contribution in [3.8, 4) is 5.69 Å². The highest BCUT2D eigenvalue weighted by atomic mass is 32.1. The number of thiophene rings is 1. The molecule has 2 aromatic heterocycles. The quantitative estimate of drug-likeness (QED) is 0.675. The summed E-state index contributed by atoms with van der Waals surface area (Å²) in [6.07, 6.45) is 1.51. The molecule has 1 amide bonds. The van der Waals surface area contributed by atoms with Crippen LogP contribution in [-0.2, 0) is 9.53 Å².